The molecule has 0 aliphatic rings. The minimum absolute atomic E-state index is 0.0726. The lowest BCUT2D eigenvalue weighted by atomic mass is 10.1. The van der Waals surface area contributed by atoms with Gasteiger partial charge in [-0.3, -0.25) is 0 Å². The molecule has 20 heavy (non-hydrogen) atoms. The van der Waals surface area contributed by atoms with Gasteiger partial charge in [-0.1, -0.05) is 11.6 Å². The first-order valence-corrected chi connectivity index (χ1v) is 6.04. The molecule has 0 unspecified atom stereocenters. The van der Waals surface area contributed by atoms with Gasteiger partial charge in [-0.15, -0.1) is 0 Å². The molecule has 1 aromatic heterocycles. The van der Waals surface area contributed by atoms with Crippen molar-refractivity contribution in [3.05, 3.63) is 46.9 Å². The van der Waals surface area contributed by atoms with Gasteiger partial charge in [0.25, 0.3) is 0 Å². The number of carbonyl (C=O) groups is 1. The van der Waals surface area contributed by atoms with E-state index in [-0.39, 0.29) is 11.3 Å². The Bertz CT molecular complexity index is 589. The Balaban J connectivity index is 0.000000956. The van der Waals surface area contributed by atoms with Crippen LogP contribution in [0.5, 0.6) is 0 Å². The Kier molecular flexibility index (Phi) is 5.95. The smallest absolute Gasteiger partial charge is 0.337 e. The van der Waals surface area contributed by atoms with Crippen molar-refractivity contribution in [3.8, 4) is 0 Å². The maximum atomic E-state index is 11.1. The number of furan rings is 1. The first-order valence-electron chi connectivity index (χ1n) is 5.33. The van der Waals surface area contributed by atoms with Gasteiger partial charge in [-0.2, -0.15) is 4.21 Å². The number of carboxylic acids is 1. The van der Waals surface area contributed by atoms with E-state index in [2.05, 4.69) is 17.9 Å². The van der Waals surface area contributed by atoms with E-state index in [1.54, 1.807) is 18.4 Å². The van der Waals surface area contributed by atoms with Crippen LogP contribution in [0.4, 0.5) is 11.4 Å². The molecule has 1 aromatic carbocycles. The standard InChI is InChI=1S/C12H11ClN2O3.OS/c13-9-5-11(8(12(16)17)4-10(9)14)15-6-7-2-1-3-18-7;1-2/h1-5,15H,6,14H2,(H,16,17);. The normalized spacial score (nSPS) is 9.45. The number of nitrogens with one attached hydrogen (secondary N) is 1. The van der Waals surface area contributed by atoms with E-state index in [0.717, 1.165) is 0 Å². The van der Waals surface area contributed by atoms with Crippen molar-refractivity contribution < 1.29 is 18.5 Å². The third-order valence-electron chi connectivity index (χ3n) is 2.40. The summed E-state index contributed by atoms with van der Waals surface area (Å²) in [5.41, 5.74) is 6.28. The number of anilines is 2. The summed E-state index contributed by atoms with van der Waals surface area (Å²) >= 11 is 8.70. The van der Waals surface area contributed by atoms with Crippen LogP contribution in [0.15, 0.2) is 34.9 Å². The molecule has 0 aliphatic carbocycles. The molecule has 1 heterocycles. The van der Waals surface area contributed by atoms with Crippen LogP contribution in [0, 0.1) is 0 Å². The molecule has 0 bridgehead atoms. The number of nitrogen functional groups attached to an aromatic ring is 1. The van der Waals surface area contributed by atoms with Crippen LogP contribution in [0.1, 0.15) is 16.1 Å². The molecule has 0 radical (unpaired) electrons. The second-order valence-corrected chi connectivity index (χ2v) is 4.06. The molecule has 0 aliphatic heterocycles. The van der Waals surface area contributed by atoms with E-state index in [4.69, 9.17) is 31.1 Å². The lowest BCUT2D eigenvalue weighted by molar-refractivity contribution is 0.0698. The van der Waals surface area contributed by atoms with E-state index < -0.39 is 5.97 Å². The van der Waals surface area contributed by atoms with Crippen molar-refractivity contribution in [2.24, 2.45) is 0 Å². The van der Waals surface area contributed by atoms with E-state index in [9.17, 15) is 4.79 Å². The molecule has 0 amide bonds. The Morgan fingerprint density at radius 3 is 2.70 bits per heavy atom. The molecular formula is C12H11ClN2O4S. The summed E-state index contributed by atoms with van der Waals surface area (Å²) < 4.78 is 13.0. The van der Waals surface area contributed by atoms with Crippen LogP contribution in [-0.2, 0) is 19.1 Å². The molecule has 2 aromatic rings. The van der Waals surface area contributed by atoms with Gasteiger partial charge < -0.3 is 20.6 Å². The van der Waals surface area contributed by atoms with Crippen LogP contribution in [0.3, 0.4) is 0 Å². The molecule has 0 saturated carbocycles. The zero-order valence-corrected chi connectivity index (χ0v) is 11.7. The molecule has 0 atom stereocenters. The van der Waals surface area contributed by atoms with E-state index in [1.807, 2.05) is 0 Å². The second kappa shape index (κ2) is 7.46. The highest BCUT2D eigenvalue weighted by Crippen LogP contribution is 2.27. The van der Waals surface area contributed by atoms with Crippen LogP contribution >= 0.6 is 11.6 Å². The van der Waals surface area contributed by atoms with Gasteiger partial charge in [0.05, 0.1) is 34.8 Å². The number of benzene rings is 1. The lowest BCUT2D eigenvalue weighted by Gasteiger charge is -2.10. The van der Waals surface area contributed by atoms with Gasteiger partial charge >= 0.3 is 5.97 Å². The SMILES string of the molecule is Nc1cc(C(=O)O)c(NCc2ccco2)cc1Cl.O=S. The molecule has 106 valence electrons. The van der Waals surface area contributed by atoms with E-state index >= 15 is 0 Å². The summed E-state index contributed by atoms with van der Waals surface area (Å²) in [5.74, 6) is -0.375. The van der Waals surface area contributed by atoms with Crippen molar-refractivity contribution in [1.82, 2.24) is 0 Å². The zero-order valence-electron chi connectivity index (χ0n) is 10.1. The fourth-order valence-electron chi connectivity index (χ4n) is 1.51. The summed E-state index contributed by atoms with van der Waals surface area (Å²) in [6.07, 6.45) is 1.55. The molecule has 4 N–H and O–H groups in total. The second-order valence-electron chi connectivity index (χ2n) is 3.66. The average molecular weight is 315 g/mol. The predicted octanol–water partition coefficient (Wildman–Crippen LogP) is 2.49. The molecule has 2 rings (SSSR count). The van der Waals surface area contributed by atoms with Crippen molar-refractivity contribution in [3.63, 3.8) is 0 Å². The Labute approximate surface area is 125 Å². The summed E-state index contributed by atoms with van der Waals surface area (Å²) in [6, 6.07) is 6.36. The number of carboxylic acid groups (broad SMARTS) is 1. The van der Waals surface area contributed by atoms with Gasteiger partial charge in [0.1, 0.15) is 5.76 Å². The van der Waals surface area contributed by atoms with Gasteiger partial charge in [0.15, 0.2) is 12.5 Å². The lowest BCUT2D eigenvalue weighted by Crippen LogP contribution is -2.07. The van der Waals surface area contributed by atoms with Crippen LogP contribution in [-0.4, -0.2) is 15.3 Å². The monoisotopic (exact) mass is 314 g/mol. The highest BCUT2D eigenvalue weighted by molar-refractivity contribution is 7.44. The summed E-state index contributed by atoms with van der Waals surface area (Å²) in [4.78, 5) is 11.1. The maximum absolute atomic E-state index is 11.1. The quantitative estimate of drug-likeness (QED) is 0.744. The van der Waals surface area contributed by atoms with Crippen LogP contribution < -0.4 is 11.1 Å². The minimum Gasteiger partial charge on any atom is -0.478 e. The number of rotatable bonds is 4. The van der Waals surface area contributed by atoms with Crippen molar-refractivity contribution in [2.45, 2.75) is 6.54 Å². The molecular weight excluding hydrogens is 304 g/mol. The predicted molar refractivity (Wildman–Crippen MR) is 77.0 cm³/mol. The third kappa shape index (κ3) is 3.94. The average Bonchev–Trinajstić information content (AvgIpc) is 2.95. The largest absolute Gasteiger partial charge is 0.478 e. The molecule has 0 saturated heterocycles. The Hall–Kier alpha value is -2.12. The minimum atomic E-state index is -1.07. The van der Waals surface area contributed by atoms with Crippen LogP contribution in [0.2, 0.25) is 5.02 Å². The molecule has 0 fully saturated rings. The van der Waals surface area contributed by atoms with E-state index in [0.29, 0.717) is 23.0 Å². The number of aromatic carboxylic acids is 1. The maximum Gasteiger partial charge on any atom is 0.337 e. The van der Waals surface area contributed by atoms with E-state index in [1.165, 1.54) is 12.1 Å². The molecule has 8 heteroatoms. The van der Waals surface area contributed by atoms with Crippen LogP contribution in [0.25, 0.3) is 0 Å². The Morgan fingerprint density at radius 1 is 1.45 bits per heavy atom. The van der Waals surface area contributed by atoms with Crippen molar-refractivity contribution in [1.29, 1.82) is 0 Å². The highest BCUT2D eigenvalue weighted by atomic mass is 35.5. The van der Waals surface area contributed by atoms with Gasteiger partial charge in [0.2, 0.25) is 0 Å². The molecule has 6 nitrogen and oxygen atoms in total. The van der Waals surface area contributed by atoms with Crippen molar-refractivity contribution >= 4 is 41.5 Å². The van der Waals surface area contributed by atoms with Gasteiger partial charge in [0, 0.05) is 0 Å². The number of halogens is 1. The third-order valence-corrected chi connectivity index (χ3v) is 2.73. The fraction of sp³-hybridized carbons (Fsp3) is 0.0833. The Morgan fingerprint density at radius 2 is 2.15 bits per heavy atom. The fourth-order valence-corrected chi connectivity index (χ4v) is 1.67. The first kappa shape index (κ1) is 15.9. The highest BCUT2D eigenvalue weighted by Gasteiger charge is 2.13. The number of nitrogens with two attached hydrogens (primary N) is 1. The topological polar surface area (TPSA) is 106 Å². The number of hydrogen-bond donors (Lipinski definition) is 3. The van der Waals surface area contributed by atoms with Crippen molar-refractivity contribution in [2.75, 3.05) is 11.1 Å². The number of hydrogen-bond acceptors (Lipinski definition) is 6. The zero-order chi connectivity index (χ0) is 15.1. The molecule has 0 spiro atoms. The summed E-state index contributed by atoms with van der Waals surface area (Å²) in [6.45, 7) is 0.369. The van der Waals surface area contributed by atoms with Gasteiger partial charge in [-0.05, 0) is 24.3 Å². The van der Waals surface area contributed by atoms with Gasteiger partial charge in [-0.25, -0.2) is 4.79 Å². The first-order chi connectivity index (χ1) is 9.58. The summed E-state index contributed by atoms with van der Waals surface area (Å²) in [5, 5.41) is 12.3. The summed E-state index contributed by atoms with van der Waals surface area (Å²) in [7, 11) is 0.